The van der Waals surface area contributed by atoms with Crippen LogP contribution in [0.4, 0.5) is 5.82 Å². The fourth-order valence-corrected chi connectivity index (χ4v) is 2.87. The van der Waals surface area contributed by atoms with Gasteiger partial charge in [-0.2, -0.15) is 5.26 Å². The Bertz CT molecular complexity index is 1190. The molecule has 0 saturated carbocycles. The van der Waals surface area contributed by atoms with Crippen LogP contribution in [0, 0.1) is 18.3 Å². The number of aryl methyl sites for hydroxylation is 1. The molecule has 0 spiro atoms. The first kappa shape index (κ1) is 19.0. The maximum atomic E-state index is 12.2. The number of nitrogens with one attached hydrogen (secondary N) is 1. The van der Waals surface area contributed by atoms with Gasteiger partial charge in [0, 0.05) is 26.2 Å². The minimum Gasteiger partial charge on any atom is -0.457 e. The number of ether oxygens (including phenoxy) is 1. The van der Waals surface area contributed by atoms with Crippen molar-refractivity contribution >= 4 is 5.82 Å². The second-order valence-electron chi connectivity index (χ2n) is 6.37. The predicted octanol–water partition coefficient (Wildman–Crippen LogP) is 2.67. The van der Waals surface area contributed by atoms with Crippen LogP contribution in [0.2, 0.25) is 0 Å². The molecule has 0 amide bonds. The lowest BCUT2D eigenvalue weighted by Gasteiger charge is -2.16. The van der Waals surface area contributed by atoms with Crippen LogP contribution in [0.15, 0.2) is 58.1 Å². The van der Waals surface area contributed by atoms with Gasteiger partial charge in [-0.05, 0) is 24.6 Å². The highest BCUT2D eigenvalue weighted by atomic mass is 16.5. The van der Waals surface area contributed by atoms with Crippen molar-refractivity contribution in [3.8, 4) is 17.6 Å². The number of rotatable bonds is 5. The van der Waals surface area contributed by atoms with Crippen molar-refractivity contribution in [1.82, 2.24) is 9.13 Å². The number of benzene rings is 2. The van der Waals surface area contributed by atoms with Gasteiger partial charge in [-0.1, -0.05) is 36.4 Å². The molecule has 0 aliphatic heterocycles. The normalized spacial score (nSPS) is 10.4. The molecular weight excluding hydrogens is 356 g/mol. The van der Waals surface area contributed by atoms with Crippen molar-refractivity contribution in [2.24, 2.45) is 14.1 Å². The third-order valence-corrected chi connectivity index (χ3v) is 4.51. The highest BCUT2D eigenvalue weighted by Crippen LogP contribution is 2.28. The molecule has 0 unspecified atom stereocenters. The molecule has 1 aromatic heterocycles. The number of hydrogen-bond acceptors (Lipinski definition) is 5. The molecule has 0 aliphatic rings. The molecule has 0 saturated heterocycles. The Labute approximate surface area is 162 Å². The first-order chi connectivity index (χ1) is 13.4. The average Bonchev–Trinajstić information content (AvgIpc) is 2.70. The van der Waals surface area contributed by atoms with Crippen LogP contribution in [0.3, 0.4) is 0 Å². The lowest BCUT2D eigenvalue weighted by Crippen LogP contribution is -2.39. The minimum atomic E-state index is -0.627. The summed E-state index contributed by atoms with van der Waals surface area (Å²) in [5.41, 5.74) is 0.587. The topological polar surface area (TPSA) is 89.1 Å². The molecule has 0 atom stereocenters. The first-order valence-corrected chi connectivity index (χ1v) is 8.69. The molecule has 1 N–H and O–H groups in total. The van der Waals surface area contributed by atoms with Gasteiger partial charge in [0.15, 0.2) is 5.56 Å². The summed E-state index contributed by atoms with van der Waals surface area (Å²) in [6.45, 7) is 2.24. The summed E-state index contributed by atoms with van der Waals surface area (Å²) in [5, 5.41) is 12.4. The summed E-state index contributed by atoms with van der Waals surface area (Å²) < 4.78 is 8.21. The molecule has 7 heteroatoms. The van der Waals surface area contributed by atoms with E-state index in [1.165, 1.54) is 18.7 Å². The monoisotopic (exact) mass is 376 g/mol. The van der Waals surface area contributed by atoms with E-state index < -0.39 is 11.2 Å². The second kappa shape index (κ2) is 7.84. The zero-order chi connectivity index (χ0) is 20.3. The summed E-state index contributed by atoms with van der Waals surface area (Å²) in [5.74, 6) is 1.58. The summed E-state index contributed by atoms with van der Waals surface area (Å²) in [4.78, 5) is 24.4. The molecule has 0 fully saturated rings. The fraction of sp³-hybridized carbons (Fsp3) is 0.190. The van der Waals surface area contributed by atoms with Gasteiger partial charge in [0.25, 0.3) is 5.56 Å². The predicted molar refractivity (Wildman–Crippen MR) is 107 cm³/mol. The van der Waals surface area contributed by atoms with Crippen molar-refractivity contribution in [2.75, 3.05) is 5.32 Å². The Morgan fingerprint density at radius 3 is 2.32 bits per heavy atom. The van der Waals surface area contributed by atoms with Gasteiger partial charge >= 0.3 is 5.69 Å². The molecule has 28 heavy (non-hydrogen) atoms. The number of hydrogen-bond donors (Lipinski definition) is 1. The van der Waals surface area contributed by atoms with Crippen LogP contribution in [-0.2, 0) is 20.6 Å². The average molecular weight is 376 g/mol. The molecule has 7 nitrogen and oxygen atoms in total. The third kappa shape index (κ3) is 3.53. The molecule has 1 heterocycles. The fourth-order valence-electron chi connectivity index (χ4n) is 2.87. The number of para-hydroxylation sites is 2. The highest BCUT2D eigenvalue weighted by molar-refractivity contribution is 5.52. The van der Waals surface area contributed by atoms with Crippen LogP contribution in [0.1, 0.15) is 16.7 Å². The lowest BCUT2D eigenvalue weighted by molar-refractivity contribution is 0.473. The molecule has 3 aromatic rings. The van der Waals surface area contributed by atoms with E-state index in [1.54, 1.807) is 0 Å². The van der Waals surface area contributed by atoms with Gasteiger partial charge in [0.2, 0.25) is 0 Å². The Morgan fingerprint density at radius 2 is 1.64 bits per heavy atom. The summed E-state index contributed by atoms with van der Waals surface area (Å²) >= 11 is 0. The van der Waals surface area contributed by atoms with Crippen LogP contribution in [0.25, 0.3) is 0 Å². The summed E-state index contributed by atoms with van der Waals surface area (Å²) in [7, 11) is 2.86. The van der Waals surface area contributed by atoms with Gasteiger partial charge in [0.05, 0.1) is 0 Å². The van der Waals surface area contributed by atoms with E-state index >= 15 is 0 Å². The Morgan fingerprint density at radius 1 is 1.00 bits per heavy atom. The van der Waals surface area contributed by atoms with Crippen molar-refractivity contribution in [3.05, 3.63) is 86.1 Å². The van der Waals surface area contributed by atoms with Crippen molar-refractivity contribution < 1.29 is 4.74 Å². The quantitative estimate of drug-likeness (QED) is 0.739. The van der Waals surface area contributed by atoms with E-state index in [4.69, 9.17) is 4.74 Å². The van der Waals surface area contributed by atoms with Gasteiger partial charge in [-0.15, -0.1) is 0 Å². The van der Waals surface area contributed by atoms with E-state index in [-0.39, 0.29) is 17.9 Å². The molecular formula is C21H20N4O3. The van der Waals surface area contributed by atoms with Crippen LogP contribution >= 0.6 is 0 Å². The maximum absolute atomic E-state index is 12.2. The van der Waals surface area contributed by atoms with Crippen LogP contribution in [0.5, 0.6) is 11.5 Å². The number of anilines is 1. The van der Waals surface area contributed by atoms with Crippen molar-refractivity contribution in [3.63, 3.8) is 0 Å². The molecule has 2 aromatic carbocycles. The Hall–Kier alpha value is -3.79. The van der Waals surface area contributed by atoms with Crippen molar-refractivity contribution in [1.29, 1.82) is 5.26 Å². The van der Waals surface area contributed by atoms with E-state index in [0.717, 1.165) is 21.4 Å². The molecule has 0 aliphatic carbocycles. The maximum Gasteiger partial charge on any atom is 0.332 e. The van der Waals surface area contributed by atoms with E-state index in [0.29, 0.717) is 5.75 Å². The zero-order valence-electron chi connectivity index (χ0n) is 15.9. The largest absolute Gasteiger partial charge is 0.457 e. The Kier molecular flexibility index (Phi) is 5.32. The zero-order valence-corrected chi connectivity index (χ0v) is 15.9. The van der Waals surface area contributed by atoms with Gasteiger partial charge in [-0.25, -0.2) is 4.79 Å². The van der Waals surface area contributed by atoms with Gasteiger partial charge in [-0.3, -0.25) is 13.9 Å². The van der Waals surface area contributed by atoms with E-state index in [2.05, 4.69) is 5.32 Å². The van der Waals surface area contributed by atoms with Gasteiger partial charge < -0.3 is 10.1 Å². The SMILES string of the molecule is Cc1ccccc1Oc1ccccc1CNc1c(C#N)c(=O)n(C)c(=O)n1C. The van der Waals surface area contributed by atoms with E-state index in [9.17, 15) is 14.9 Å². The van der Waals surface area contributed by atoms with Crippen molar-refractivity contribution in [2.45, 2.75) is 13.5 Å². The van der Waals surface area contributed by atoms with Crippen LogP contribution < -0.4 is 21.3 Å². The number of aromatic nitrogens is 2. The number of nitrogens with zero attached hydrogens (tertiary/aromatic N) is 3. The summed E-state index contributed by atoms with van der Waals surface area (Å²) in [6.07, 6.45) is 0. The minimum absolute atomic E-state index is 0.109. The smallest absolute Gasteiger partial charge is 0.332 e. The van der Waals surface area contributed by atoms with E-state index in [1.807, 2.05) is 61.5 Å². The second-order valence-corrected chi connectivity index (χ2v) is 6.37. The molecule has 0 radical (unpaired) electrons. The van der Waals surface area contributed by atoms with Gasteiger partial charge in [0.1, 0.15) is 23.4 Å². The standard InChI is InChI=1S/C21H20N4O3/c1-14-8-4-6-10-17(14)28-18-11-7-5-9-15(18)13-23-19-16(12-22)20(26)25(3)21(27)24(19)2/h4-11,23H,13H2,1-3H3. The van der Waals surface area contributed by atoms with Crippen LogP contribution in [-0.4, -0.2) is 9.13 Å². The lowest BCUT2D eigenvalue weighted by atomic mass is 10.2. The summed E-state index contributed by atoms with van der Waals surface area (Å²) in [6, 6.07) is 17.0. The Balaban J connectivity index is 1.94. The third-order valence-electron chi connectivity index (χ3n) is 4.51. The molecule has 3 rings (SSSR count). The molecule has 142 valence electrons. The molecule has 0 bridgehead atoms. The number of nitriles is 1. The highest BCUT2D eigenvalue weighted by Gasteiger charge is 2.16. The first-order valence-electron chi connectivity index (χ1n) is 8.69.